The lowest BCUT2D eigenvalue weighted by atomic mass is 10.1. The first kappa shape index (κ1) is 34.7. The molecule has 6 heteroatoms. The fourth-order valence-electron chi connectivity index (χ4n) is 4.97. The highest BCUT2D eigenvalue weighted by Gasteiger charge is 2.24. The first-order valence-electron chi connectivity index (χ1n) is 16.5. The van der Waals surface area contributed by atoms with Gasteiger partial charge in [-0.1, -0.05) is 71.3 Å². The molecule has 0 amide bonds. The number of aromatic nitrogens is 1. The van der Waals surface area contributed by atoms with Crippen molar-refractivity contribution < 1.29 is 9.47 Å². The molecular weight excluding hydrogens is 544 g/mol. The zero-order valence-electron chi connectivity index (χ0n) is 28.4. The van der Waals surface area contributed by atoms with Crippen molar-refractivity contribution in [1.29, 1.82) is 0 Å². The molecule has 2 aromatic rings. The minimum absolute atomic E-state index is 0.428. The van der Waals surface area contributed by atoms with Crippen molar-refractivity contribution >= 4 is 17.3 Å². The molecule has 0 saturated heterocycles. The number of amidine groups is 1. The summed E-state index contributed by atoms with van der Waals surface area (Å²) in [5.74, 6) is 4.54. The van der Waals surface area contributed by atoms with E-state index in [9.17, 15) is 0 Å². The highest BCUT2D eigenvalue weighted by atomic mass is 16.5. The Morgan fingerprint density at radius 1 is 1.11 bits per heavy atom. The van der Waals surface area contributed by atoms with Crippen LogP contribution in [0.5, 0.6) is 11.5 Å². The number of aryl methyl sites for hydroxylation is 2. The number of aliphatic imine (C=N–C) groups is 1. The van der Waals surface area contributed by atoms with Crippen LogP contribution in [-0.4, -0.2) is 30.5 Å². The van der Waals surface area contributed by atoms with Gasteiger partial charge in [0.25, 0.3) is 0 Å². The normalized spacial score (nSPS) is 16.3. The van der Waals surface area contributed by atoms with Crippen LogP contribution in [0.1, 0.15) is 96.9 Å². The Balaban J connectivity index is 1.90. The van der Waals surface area contributed by atoms with Crippen molar-refractivity contribution in [2.75, 3.05) is 29.9 Å². The van der Waals surface area contributed by atoms with Gasteiger partial charge in [-0.2, -0.15) is 0 Å². The largest absolute Gasteiger partial charge is 0.489 e. The first-order chi connectivity index (χ1) is 21.3. The van der Waals surface area contributed by atoms with Crippen LogP contribution in [0.4, 0.5) is 11.5 Å². The van der Waals surface area contributed by atoms with Crippen molar-refractivity contribution in [3.63, 3.8) is 0 Å². The first-order valence-corrected chi connectivity index (χ1v) is 16.5. The number of ether oxygens (including phenoxy) is 2. The second-order valence-electron chi connectivity index (χ2n) is 11.6. The smallest absolute Gasteiger partial charge is 0.172 e. The highest BCUT2D eigenvalue weighted by Crippen LogP contribution is 2.33. The Labute approximate surface area is 266 Å². The van der Waals surface area contributed by atoms with Crippen LogP contribution in [0, 0.1) is 19.8 Å². The number of anilines is 2. The number of benzene rings is 1. The molecule has 0 bridgehead atoms. The van der Waals surface area contributed by atoms with E-state index in [2.05, 4.69) is 95.1 Å². The van der Waals surface area contributed by atoms with Crippen LogP contribution in [0.15, 0.2) is 77.2 Å². The Kier molecular flexibility index (Phi) is 14.3. The maximum atomic E-state index is 6.31. The highest BCUT2D eigenvalue weighted by molar-refractivity contribution is 6.08. The van der Waals surface area contributed by atoms with Crippen LogP contribution < -0.4 is 19.7 Å². The maximum Gasteiger partial charge on any atom is 0.172 e. The summed E-state index contributed by atoms with van der Waals surface area (Å²) >= 11 is 0. The SMILES string of the molecule is C\C=C(/C=C\C(=C\CCC)CC)Oc1ccc(NC(=N/C=C/CC)c2nc3c(cc2C)OCC(C)CN3CCCC)cc1C. The second kappa shape index (κ2) is 18.1. The number of fused-ring (bicyclic) bond motifs is 1. The van der Waals surface area contributed by atoms with Crippen LogP contribution in [0.3, 0.4) is 0 Å². The third-order valence-electron chi connectivity index (χ3n) is 7.58. The molecule has 0 spiro atoms. The number of nitrogens with one attached hydrogen (secondary N) is 1. The minimum atomic E-state index is 0.428. The van der Waals surface area contributed by atoms with E-state index in [1.165, 1.54) is 5.57 Å². The standard InChI is InChI=1S/C38H54N4O2/c1-9-14-17-31(12-4)18-20-33(13-5)44-34-21-19-32(24-29(34)7)40-37(39-22-15-10-2)36-30(8)25-35-38(41-36)42(23-16-11-3)26-28(6)27-43-35/h13,15,17-22,24-25,28H,9-12,14,16,23,26-27H2,1-8H3,(H,39,40)/b20-18-,22-15+,31-17+,33-13+. The molecule has 44 heavy (non-hydrogen) atoms. The van der Waals surface area contributed by atoms with Gasteiger partial charge in [-0.15, -0.1) is 0 Å². The molecule has 238 valence electrons. The molecule has 0 fully saturated rings. The Hall–Kier alpha value is -3.80. The van der Waals surface area contributed by atoms with Gasteiger partial charge in [0.1, 0.15) is 17.2 Å². The molecule has 1 aromatic carbocycles. The average molecular weight is 599 g/mol. The topological polar surface area (TPSA) is 59.0 Å². The summed E-state index contributed by atoms with van der Waals surface area (Å²) in [7, 11) is 0. The zero-order chi connectivity index (χ0) is 31.9. The Bertz CT molecular complexity index is 1370. The van der Waals surface area contributed by atoms with E-state index in [-0.39, 0.29) is 0 Å². The van der Waals surface area contributed by atoms with Crippen molar-refractivity contribution in [2.24, 2.45) is 10.9 Å². The van der Waals surface area contributed by atoms with Crippen LogP contribution in [0.25, 0.3) is 0 Å². The van der Waals surface area contributed by atoms with Gasteiger partial charge in [-0.3, -0.25) is 0 Å². The summed E-state index contributed by atoms with van der Waals surface area (Å²) in [6.45, 7) is 19.7. The van der Waals surface area contributed by atoms with Crippen LogP contribution >= 0.6 is 0 Å². The van der Waals surface area contributed by atoms with E-state index < -0.39 is 0 Å². The summed E-state index contributed by atoms with van der Waals surface area (Å²) in [4.78, 5) is 12.4. The molecule has 0 saturated carbocycles. The molecule has 3 rings (SSSR count). The van der Waals surface area contributed by atoms with Crippen molar-refractivity contribution in [1.82, 2.24) is 4.98 Å². The summed E-state index contributed by atoms with van der Waals surface area (Å²) in [5.41, 5.74) is 5.13. The molecule has 1 unspecified atom stereocenters. The lowest BCUT2D eigenvalue weighted by Gasteiger charge is -2.25. The lowest BCUT2D eigenvalue weighted by Crippen LogP contribution is -2.30. The van der Waals surface area contributed by atoms with E-state index in [0.29, 0.717) is 18.4 Å². The summed E-state index contributed by atoms with van der Waals surface area (Å²) in [6, 6.07) is 8.27. The van der Waals surface area contributed by atoms with Gasteiger partial charge in [-0.25, -0.2) is 9.98 Å². The zero-order valence-corrected chi connectivity index (χ0v) is 28.4. The number of rotatable bonds is 14. The van der Waals surface area contributed by atoms with Gasteiger partial charge >= 0.3 is 0 Å². The van der Waals surface area contributed by atoms with Crippen molar-refractivity contribution in [2.45, 2.75) is 93.9 Å². The third kappa shape index (κ3) is 10.1. The Morgan fingerprint density at radius 2 is 1.93 bits per heavy atom. The minimum Gasteiger partial charge on any atom is -0.489 e. The number of hydrogen-bond acceptors (Lipinski definition) is 5. The van der Waals surface area contributed by atoms with E-state index in [1.54, 1.807) is 0 Å². The molecule has 1 N–H and O–H groups in total. The van der Waals surface area contributed by atoms with E-state index >= 15 is 0 Å². The number of nitrogens with zero attached hydrogens (tertiary/aromatic N) is 3. The monoisotopic (exact) mass is 598 g/mol. The van der Waals surface area contributed by atoms with Gasteiger partial charge in [0, 0.05) is 30.9 Å². The van der Waals surface area contributed by atoms with Crippen LogP contribution in [0.2, 0.25) is 0 Å². The predicted molar refractivity (Wildman–Crippen MR) is 188 cm³/mol. The Morgan fingerprint density at radius 3 is 2.61 bits per heavy atom. The average Bonchev–Trinajstić information content (AvgIpc) is 3.17. The number of hydrogen-bond donors (Lipinski definition) is 1. The number of pyridine rings is 1. The van der Waals surface area contributed by atoms with Crippen molar-refractivity contribution in [3.05, 3.63) is 89.0 Å². The number of allylic oxidation sites excluding steroid dienone is 6. The van der Waals surface area contributed by atoms with Gasteiger partial charge in [0.15, 0.2) is 17.4 Å². The van der Waals surface area contributed by atoms with E-state index in [4.69, 9.17) is 19.5 Å². The molecule has 6 nitrogen and oxygen atoms in total. The van der Waals surface area contributed by atoms with Crippen LogP contribution in [-0.2, 0) is 0 Å². The van der Waals surface area contributed by atoms with Gasteiger partial charge in [-0.05, 0) is 94.0 Å². The number of unbranched alkanes of at least 4 members (excludes halogenated alkanes) is 2. The molecule has 2 heterocycles. The third-order valence-corrected chi connectivity index (χ3v) is 7.58. The summed E-state index contributed by atoms with van der Waals surface area (Å²) in [5, 5.41) is 3.57. The van der Waals surface area contributed by atoms with Gasteiger partial charge < -0.3 is 19.7 Å². The quantitative estimate of drug-likeness (QED) is 0.101. The fraction of sp³-hybridized carbons (Fsp3) is 0.474. The molecule has 1 aromatic heterocycles. The molecule has 0 aliphatic carbocycles. The van der Waals surface area contributed by atoms with E-state index in [1.807, 2.05) is 31.3 Å². The molecular formula is C38H54N4O2. The van der Waals surface area contributed by atoms with Crippen molar-refractivity contribution in [3.8, 4) is 11.5 Å². The van der Waals surface area contributed by atoms with Gasteiger partial charge in [0.05, 0.1) is 6.61 Å². The van der Waals surface area contributed by atoms with E-state index in [0.717, 1.165) is 97.2 Å². The predicted octanol–water partition coefficient (Wildman–Crippen LogP) is 10.1. The molecule has 1 atom stereocenters. The molecule has 1 aliphatic rings. The fourth-order valence-corrected chi connectivity index (χ4v) is 4.97. The lowest BCUT2D eigenvalue weighted by molar-refractivity contribution is 0.273. The van der Waals surface area contributed by atoms with Gasteiger partial charge in [0.2, 0.25) is 0 Å². The molecule has 0 radical (unpaired) electrons. The summed E-state index contributed by atoms with van der Waals surface area (Å²) in [6.07, 6.45) is 18.8. The second-order valence-corrected chi connectivity index (χ2v) is 11.6. The summed E-state index contributed by atoms with van der Waals surface area (Å²) < 4.78 is 12.5. The molecule has 1 aliphatic heterocycles. The maximum absolute atomic E-state index is 6.31.